The van der Waals surface area contributed by atoms with Gasteiger partial charge in [-0.15, -0.1) is 0 Å². The average Bonchev–Trinajstić information content (AvgIpc) is 3.01. The summed E-state index contributed by atoms with van der Waals surface area (Å²) in [6.45, 7) is 0.585. The number of nitrogens with zero attached hydrogens (tertiary/aromatic N) is 1. The second-order valence-corrected chi connectivity index (χ2v) is 10.5. The summed E-state index contributed by atoms with van der Waals surface area (Å²) >= 11 is 6.28. The van der Waals surface area contributed by atoms with E-state index in [0.717, 1.165) is 37.5 Å². The molecular formula is C23H25ClN2O4S. The molecule has 1 amide bonds. The van der Waals surface area contributed by atoms with Gasteiger partial charge in [-0.25, -0.2) is 13.1 Å². The number of sulfonamides is 1. The van der Waals surface area contributed by atoms with Gasteiger partial charge >= 0.3 is 0 Å². The number of allylic oxidation sites excluding steroid dienone is 4. The number of benzene rings is 1. The fourth-order valence-electron chi connectivity index (χ4n) is 4.63. The van der Waals surface area contributed by atoms with E-state index in [-0.39, 0.29) is 17.9 Å². The van der Waals surface area contributed by atoms with Crippen molar-refractivity contribution in [2.45, 2.75) is 45.1 Å². The Bertz CT molecular complexity index is 1220. The summed E-state index contributed by atoms with van der Waals surface area (Å²) in [5.74, 6) is -0.468. The van der Waals surface area contributed by atoms with E-state index in [4.69, 9.17) is 11.6 Å². The van der Waals surface area contributed by atoms with Crippen LogP contribution in [-0.4, -0.2) is 30.9 Å². The lowest BCUT2D eigenvalue weighted by Crippen LogP contribution is -2.32. The number of nitrogens with one attached hydrogen (secondary N) is 1. The first-order valence-corrected chi connectivity index (χ1v) is 12.8. The lowest BCUT2D eigenvalue weighted by atomic mass is 9.89. The molecule has 0 saturated heterocycles. The van der Waals surface area contributed by atoms with Crippen molar-refractivity contribution < 1.29 is 18.0 Å². The predicted octanol–water partition coefficient (Wildman–Crippen LogP) is 4.48. The molecule has 4 rings (SSSR count). The van der Waals surface area contributed by atoms with Crippen molar-refractivity contribution in [2.24, 2.45) is 5.92 Å². The largest absolute Gasteiger partial charge is 0.336 e. The Kier molecular flexibility index (Phi) is 6.08. The van der Waals surface area contributed by atoms with E-state index in [2.05, 4.69) is 4.72 Å². The highest BCUT2D eigenvalue weighted by Crippen LogP contribution is 2.37. The van der Waals surface area contributed by atoms with Crippen LogP contribution in [0.15, 0.2) is 36.4 Å². The molecule has 8 heteroatoms. The Labute approximate surface area is 187 Å². The summed E-state index contributed by atoms with van der Waals surface area (Å²) in [5, 5.41) is 1.16. The van der Waals surface area contributed by atoms with Gasteiger partial charge < -0.3 is 4.57 Å². The van der Waals surface area contributed by atoms with Gasteiger partial charge in [-0.05, 0) is 37.0 Å². The highest BCUT2D eigenvalue weighted by Gasteiger charge is 2.30. The van der Waals surface area contributed by atoms with Crippen molar-refractivity contribution >= 4 is 49.8 Å². The molecule has 2 aliphatic rings. The Morgan fingerprint density at radius 2 is 1.97 bits per heavy atom. The van der Waals surface area contributed by atoms with Gasteiger partial charge in [-0.3, -0.25) is 9.59 Å². The van der Waals surface area contributed by atoms with Crippen molar-refractivity contribution in [1.29, 1.82) is 0 Å². The summed E-state index contributed by atoms with van der Waals surface area (Å²) < 4.78 is 27.7. The number of carbonyl (C=O) groups excluding carboxylic acids is 2. The molecule has 1 fully saturated rings. The molecule has 1 heterocycles. The molecule has 1 aromatic heterocycles. The van der Waals surface area contributed by atoms with Crippen LogP contribution in [0.3, 0.4) is 0 Å². The summed E-state index contributed by atoms with van der Waals surface area (Å²) in [4.78, 5) is 26.0. The number of fused-ring (bicyclic) bond motifs is 1. The van der Waals surface area contributed by atoms with Crippen molar-refractivity contribution in [1.82, 2.24) is 9.29 Å². The number of carbonyl (C=O) groups is 2. The quantitative estimate of drug-likeness (QED) is 0.712. The van der Waals surface area contributed by atoms with E-state index >= 15 is 0 Å². The van der Waals surface area contributed by atoms with E-state index in [9.17, 15) is 18.0 Å². The molecule has 2 aromatic rings. The van der Waals surface area contributed by atoms with Gasteiger partial charge in [0.05, 0.1) is 6.26 Å². The smallest absolute Gasteiger partial charge is 0.282 e. The monoisotopic (exact) mass is 460 g/mol. The number of hydrogen-bond acceptors (Lipinski definition) is 4. The SMILES string of the molecule is CS(=O)(=O)NC(=O)c1c(C2=CC=CCC2=O)c2cc(Cl)ccc2n1CC1CCCCC1. The molecule has 0 bridgehead atoms. The highest BCUT2D eigenvalue weighted by atomic mass is 35.5. The molecule has 1 aromatic carbocycles. The van der Waals surface area contributed by atoms with E-state index in [1.165, 1.54) is 6.42 Å². The van der Waals surface area contributed by atoms with Crippen LogP contribution in [0.2, 0.25) is 5.02 Å². The van der Waals surface area contributed by atoms with Crippen molar-refractivity contribution in [3.05, 3.63) is 52.7 Å². The first-order valence-electron chi connectivity index (χ1n) is 10.5. The van der Waals surface area contributed by atoms with Crippen LogP contribution in [0.25, 0.3) is 16.5 Å². The van der Waals surface area contributed by atoms with Crippen molar-refractivity contribution in [3.8, 4) is 0 Å². The van der Waals surface area contributed by atoms with E-state index in [1.54, 1.807) is 30.4 Å². The van der Waals surface area contributed by atoms with Gasteiger partial charge in [0.25, 0.3) is 5.91 Å². The summed E-state index contributed by atoms with van der Waals surface area (Å²) in [6, 6.07) is 5.33. The normalized spacial score (nSPS) is 17.7. The second kappa shape index (κ2) is 8.63. The van der Waals surface area contributed by atoms with Crippen LogP contribution in [0.5, 0.6) is 0 Å². The van der Waals surface area contributed by atoms with Crippen LogP contribution in [0.1, 0.15) is 54.6 Å². The maximum absolute atomic E-state index is 13.2. The third kappa shape index (κ3) is 4.62. The van der Waals surface area contributed by atoms with E-state index in [1.807, 2.05) is 10.6 Å². The zero-order valence-corrected chi connectivity index (χ0v) is 18.9. The fourth-order valence-corrected chi connectivity index (χ4v) is 5.24. The molecule has 2 aliphatic carbocycles. The molecule has 0 spiro atoms. The molecule has 0 unspecified atom stereocenters. The van der Waals surface area contributed by atoms with E-state index < -0.39 is 15.9 Å². The number of rotatable bonds is 5. The van der Waals surface area contributed by atoms with Gasteiger partial charge in [-0.1, -0.05) is 49.1 Å². The molecule has 0 atom stereocenters. The van der Waals surface area contributed by atoms with Crippen LogP contribution >= 0.6 is 11.6 Å². The summed E-state index contributed by atoms with van der Waals surface area (Å²) in [5.41, 5.74) is 1.81. The lowest BCUT2D eigenvalue weighted by Gasteiger charge is -2.24. The maximum atomic E-state index is 13.2. The Balaban J connectivity index is 1.98. The zero-order valence-electron chi connectivity index (χ0n) is 17.4. The topological polar surface area (TPSA) is 85.2 Å². The van der Waals surface area contributed by atoms with Crippen LogP contribution in [0, 0.1) is 5.92 Å². The molecule has 1 saturated carbocycles. The molecule has 0 aliphatic heterocycles. The molecule has 164 valence electrons. The van der Waals surface area contributed by atoms with Crippen molar-refractivity contribution in [2.75, 3.05) is 6.26 Å². The van der Waals surface area contributed by atoms with Gasteiger partial charge in [0.15, 0.2) is 5.78 Å². The van der Waals surface area contributed by atoms with Gasteiger partial charge in [-0.2, -0.15) is 0 Å². The molecule has 6 nitrogen and oxygen atoms in total. The minimum atomic E-state index is -3.79. The first kappa shape index (κ1) is 21.8. The molecular weight excluding hydrogens is 436 g/mol. The molecule has 1 N–H and O–H groups in total. The van der Waals surface area contributed by atoms with Gasteiger partial charge in [0, 0.05) is 40.0 Å². The number of Topliss-reactive ketones (excluding diaryl/α,β-unsaturated/α-hetero) is 1. The number of amides is 1. The fraction of sp³-hybridized carbons (Fsp3) is 0.391. The third-order valence-electron chi connectivity index (χ3n) is 5.96. The molecule has 31 heavy (non-hydrogen) atoms. The number of hydrogen-bond donors (Lipinski definition) is 1. The second-order valence-electron chi connectivity index (χ2n) is 8.34. The zero-order chi connectivity index (χ0) is 22.2. The Morgan fingerprint density at radius 3 is 2.65 bits per heavy atom. The maximum Gasteiger partial charge on any atom is 0.282 e. The van der Waals surface area contributed by atoms with Crippen LogP contribution < -0.4 is 4.72 Å². The third-order valence-corrected chi connectivity index (χ3v) is 6.75. The van der Waals surface area contributed by atoms with E-state index in [0.29, 0.717) is 34.0 Å². The Morgan fingerprint density at radius 1 is 1.23 bits per heavy atom. The first-order chi connectivity index (χ1) is 14.7. The minimum Gasteiger partial charge on any atom is -0.336 e. The van der Waals surface area contributed by atoms with Gasteiger partial charge in [0.2, 0.25) is 10.0 Å². The van der Waals surface area contributed by atoms with Crippen molar-refractivity contribution in [3.63, 3.8) is 0 Å². The van der Waals surface area contributed by atoms with Crippen LogP contribution in [0.4, 0.5) is 0 Å². The van der Waals surface area contributed by atoms with Crippen LogP contribution in [-0.2, 0) is 21.4 Å². The lowest BCUT2D eigenvalue weighted by molar-refractivity contribution is -0.113. The standard InChI is InChI=1S/C23H25ClN2O4S/c1-31(29,30)25-23(28)22-21(17-9-5-6-10-20(17)27)18-13-16(24)11-12-19(18)26(22)14-15-7-3-2-4-8-15/h5-6,9,11-13,15H,2-4,7-8,10,14H2,1H3,(H,25,28). The number of aromatic nitrogens is 1. The minimum absolute atomic E-state index is 0.118. The number of ketones is 1. The number of halogens is 1. The average molecular weight is 461 g/mol. The highest BCUT2D eigenvalue weighted by molar-refractivity contribution is 7.89. The Hall–Kier alpha value is -2.38. The predicted molar refractivity (Wildman–Crippen MR) is 123 cm³/mol. The summed E-state index contributed by atoms with van der Waals surface area (Å²) in [7, 11) is -3.79. The van der Waals surface area contributed by atoms with Gasteiger partial charge in [0.1, 0.15) is 5.69 Å². The molecule has 0 radical (unpaired) electrons. The summed E-state index contributed by atoms with van der Waals surface area (Å²) in [6.07, 6.45) is 12.0.